The summed E-state index contributed by atoms with van der Waals surface area (Å²) >= 11 is 0. The molecule has 2 aromatic carbocycles. The third-order valence-corrected chi connectivity index (χ3v) is 3.35. The maximum atomic E-state index is 12.3. The molecule has 0 saturated heterocycles. The number of amides is 1. The Morgan fingerprint density at radius 3 is 2.62 bits per heavy atom. The molecule has 8 heteroatoms. The zero-order valence-electron chi connectivity index (χ0n) is 14.1. The predicted octanol–water partition coefficient (Wildman–Crippen LogP) is 3.07. The fraction of sp³-hybridized carbons (Fsp3) is 0.167. The van der Waals surface area contributed by atoms with Gasteiger partial charge in [-0.2, -0.15) is 5.26 Å². The van der Waals surface area contributed by atoms with Crippen LogP contribution in [0.15, 0.2) is 53.5 Å². The Morgan fingerprint density at radius 2 is 2.00 bits per heavy atom. The molecule has 0 aliphatic rings. The minimum absolute atomic E-state index is 0.0809. The molecule has 2 rings (SSSR count). The maximum absolute atomic E-state index is 12.3. The molecular formula is C18H17N5O3. The first kappa shape index (κ1) is 18.6. The van der Waals surface area contributed by atoms with Crippen LogP contribution in [0, 0.1) is 21.4 Å². The molecule has 0 aliphatic heterocycles. The Hall–Kier alpha value is -3.73. The van der Waals surface area contributed by atoms with Crippen molar-refractivity contribution < 1.29 is 9.72 Å². The van der Waals surface area contributed by atoms with E-state index in [1.165, 1.54) is 18.2 Å². The van der Waals surface area contributed by atoms with E-state index in [4.69, 9.17) is 0 Å². The third kappa shape index (κ3) is 4.88. The van der Waals surface area contributed by atoms with Crippen molar-refractivity contribution in [2.24, 2.45) is 4.99 Å². The van der Waals surface area contributed by atoms with Gasteiger partial charge in [0.05, 0.1) is 16.2 Å². The monoisotopic (exact) mass is 351 g/mol. The number of carbonyl (C=O) groups excluding carboxylic acids is 1. The lowest BCUT2D eigenvalue weighted by molar-refractivity contribution is -0.384. The minimum Gasteiger partial charge on any atom is -0.325 e. The number of benzene rings is 2. The van der Waals surface area contributed by atoms with E-state index in [1.807, 2.05) is 13.0 Å². The second kappa shape index (κ2) is 8.94. The van der Waals surface area contributed by atoms with Crippen molar-refractivity contribution in [2.75, 3.05) is 11.9 Å². The van der Waals surface area contributed by atoms with Crippen LogP contribution in [-0.4, -0.2) is 23.3 Å². The van der Waals surface area contributed by atoms with Crippen LogP contribution in [0.1, 0.15) is 29.3 Å². The van der Waals surface area contributed by atoms with E-state index in [9.17, 15) is 20.2 Å². The summed E-state index contributed by atoms with van der Waals surface area (Å²) in [7, 11) is 0. The highest BCUT2D eigenvalue weighted by molar-refractivity contribution is 6.10. The number of nitro benzene ring substituents is 1. The van der Waals surface area contributed by atoms with Gasteiger partial charge in [0.25, 0.3) is 11.6 Å². The van der Waals surface area contributed by atoms with Crippen LogP contribution in [0.5, 0.6) is 0 Å². The molecule has 1 amide bonds. The van der Waals surface area contributed by atoms with Gasteiger partial charge in [-0.15, -0.1) is 0 Å². The van der Waals surface area contributed by atoms with E-state index < -0.39 is 4.92 Å². The summed E-state index contributed by atoms with van der Waals surface area (Å²) in [5.74, 6) is -0.181. The second-order valence-corrected chi connectivity index (χ2v) is 5.27. The van der Waals surface area contributed by atoms with E-state index >= 15 is 0 Å². The fourth-order valence-corrected chi connectivity index (χ4v) is 2.08. The van der Waals surface area contributed by atoms with Crippen LogP contribution < -0.4 is 10.6 Å². The van der Waals surface area contributed by atoms with Gasteiger partial charge in [-0.3, -0.25) is 25.2 Å². The van der Waals surface area contributed by atoms with E-state index in [0.29, 0.717) is 17.8 Å². The van der Waals surface area contributed by atoms with Crippen molar-refractivity contribution in [1.82, 2.24) is 5.32 Å². The Labute approximate surface area is 150 Å². The van der Waals surface area contributed by atoms with Crippen LogP contribution in [0.3, 0.4) is 0 Å². The van der Waals surface area contributed by atoms with Crippen molar-refractivity contribution >= 4 is 23.2 Å². The molecule has 0 spiro atoms. The number of nitrogens with zero attached hydrogens (tertiary/aromatic N) is 3. The van der Waals surface area contributed by atoms with Crippen molar-refractivity contribution in [3.63, 3.8) is 0 Å². The van der Waals surface area contributed by atoms with Gasteiger partial charge in [0.15, 0.2) is 0 Å². The summed E-state index contributed by atoms with van der Waals surface area (Å²) in [5.41, 5.74) is 0.675. The Morgan fingerprint density at radius 1 is 1.27 bits per heavy atom. The highest BCUT2D eigenvalue weighted by atomic mass is 16.6. The zero-order chi connectivity index (χ0) is 18.9. The lowest BCUT2D eigenvalue weighted by atomic mass is 10.1. The molecule has 2 aromatic rings. The summed E-state index contributed by atoms with van der Waals surface area (Å²) in [6.45, 7) is 2.40. The second-order valence-electron chi connectivity index (χ2n) is 5.27. The van der Waals surface area contributed by atoms with Gasteiger partial charge < -0.3 is 5.32 Å². The van der Waals surface area contributed by atoms with E-state index in [2.05, 4.69) is 15.6 Å². The first-order valence-corrected chi connectivity index (χ1v) is 7.91. The lowest BCUT2D eigenvalue weighted by Crippen LogP contribution is -2.36. The van der Waals surface area contributed by atoms with Gasteiger partial charge in [-0.05, 0) is 24.6 Å². The van der Waals surface area contributed by atoms with Gasteiger partial charge in [0.1, 0.15) is 6.07 Å². The molecule has 0 radical (unpaired) electrons. The number of nitrogens with one attached hydrogen (secondary N) is 2. The molecule has 0 saturated carbocycles. The minimum atomic E-state index is -0.576. The molecule has 8 nitrogen and oxygen atoms in total. The number of nitriles is 1. The molecule has 2 N–H and O–H groups in total. The quantitative estimate of drug-likeness (QED) is 0.371. The summed E-state index contributed by atoms with van der Waals surface area (Å²) in [5, 5.41) is 25.6. The molecule has 0 bridgehead atoms. The van der Waals surface area contributed by atoms with E-state index in [0.717, 1.165) is 6.42 Å². The molecule has 0 aromatic heterocycles. The molecule has 132 valence electrons. The zero-order valence-corrected chi connectivity index (χ0v) is 14.1. The Bertz CT molecular complexity index is 872. The number of non-ortho nitro benzene ring substituents is 1. The van der Waals surface area contributed by atoms with Crippen molar-refractivity contribution in [3.05, 3.63) is 69.8 Å². The summed E-state index contributed by atoms with van der Waals surface area (Å²) in [6, 6.07) is 14.4. The molecule has 0 fully saturated rings. The average Bonchev–Trinajstić information content (AvgIpc) is 2.66. The number of hydrogen-bond acceptors (Lipinski definition) is 5. The number of anilines is 1. The summed E-state index contributed by atoms with van der Waals surface area (Å²) in [4.78, 5) is 26.9. The van der Waals surface area contributed by atoms with Crippen LogP contribution in [-0.2, 0) is 0 Å². The van der Waals surface area contributed by atoms with Crippen molar-refractivity contribution in [2.45, 2.75) is 13.3 Å². The lowest BCUT2D eigenvalue weighted by Gasteiger charge is -2.12. The largest absolute Gasteiger partial charge is 0.325 e. The first-order chi connectivity index (χ1) is 12.5. The number of nitro groups is 1. The third-order valence-electron chi connectivity index (χ3n) is 3.35. The van der Waals surface area contributed by atoms with Crippen LogP contribution >= 0.6 is 0 Å². The SMILES string of the molecule is CCCN=C(NC(=O)c1ccccc1)Nc1ccc([N+](=O)[O-])cc1C#N. The Kier molecular flexibility index (Phi) is 6.40. The van der Waals surface area contributed by atoms with Gasteiger partial charge in [0.2, 0.25) is 5.96 Å². The standard InChI is InChI=1S/C18H17N5O3/c1-2-10-20-18(22-17(24)13-6-4-3-5-7-13)21-16-9-8-15(23(25)26)11-14(16)12-19/h3-9,11H,2,10H2,1H3,(H2,20,21,22,24). The first-order valence-electron chi connectivity index (χ1n) is 7.91. The number of carbonyl (C=O) groups is 1. The van der Waals surface area contributed by atoms with Gasteiger partial charge >= 0.3 is 0 Å². The fourth-order valence-electron chi connectivity index (χ4n) is 2.08. The smallest absolute Gasteiger partial charge is 0.270 e. The highest BCUT2D eigenvalue weighted by Crippen LogP contribution is 2.21. The van der Waals surface area contributed by atoms with Gasteiger partial charge in [0, 0.05) is 24.2 Å². The molecular weight excluding hydrogens is 334 g/mol. The summed E-state index contributed by atoms with van der Waals surface area (Å²) in [6.07, 6.45) is 0.762. The van der Waals surface area contributed by atoms with Crippen LogP contribution in [0.4, 0.5) is 11.4 Å². The van der Waals surface area contributed by atoms with Crippen molar-refractivity contribution in [1.29, 1.82) is 5.26 Å². The van der Waals surface area contributed by atoms with Gasteiger partial charge in [-0.1, -0.05) is 25.1 Å². The average molecular weight is 351 g/mol. The number of hydrogen-bond donors (Lipinski definition) is 2. The maximum Gasteiger partial charge on any atom is 0.270 e. The van der Waals surface area contributed by atoms with Gasteiger partial charge in [-0.25, -0.2) is 0 Å². The number of guanidine groups is 1. The topological polar surface area (TPSA) is 120 Å². The highest BCUT2D eigenvalue weighted by Gasteiger charge is 2.14. The van der Waals surface area contributed by atoms with E-state index in [1.54, 1.807) is 30.3 Å². The molecule has 26 heavy (non-hydrogen) atoms. The number of aliphatic imine (C=N–C) groups is 1. The van der Waals surface area contributed by atoms with Crippen LogP contribution in [0.25, 0.3) is 0 Å². The molecule has 0 atom stereocenters. The molecule has 0 unspecified atom stereocenters. The Balaban J connectivity index is 2.25. The summed E-state index contributed by atoms with van der Waals surface area (Å²) < 4.78 is 0. The van der Waals surface area contributed by atoms with Crippen molar-refractivity contribution in [3.8, 4) is 6.07 Å². The predicted molar refractivity (Wildman–Crippen MR) is 97.9 cm³/mol. The number of rotatable bonds is 5. The normalized spacial score (nSPS) is 10.7. The molecule has 0 aliphatic carbocycles. The molecule has 0 heterocycles. The van der Waals surface area contributed by atoms with E-state index in [-0.39, 0.29) is 23.1 Å². The van der Waals surface area contributed by atoms with Crippen LogP contribution in [0.2, 0.25) is 0 Å².